The van der Waals surface area contributed by atoms with E-state index in [1.807, 2.05) is 19.1 Å². The molecule has 0 saturated heterocycles. The number of hydrogen-bond acceptors (Lipinski definition) is 5. The Bertz CT molecular complexity index is 1290. The first-order valence-electron chi connectivity index (χ1n) is 9.97. The lowest BCUT2D eigenvalue weighted by Gasteiger charge is -2.20. The van der Waals surface area contributed by atoms with Gasteiger partial charge in [-0.2, -0.15) is 0 Å². The lowest BCUT2D eigenvalue weighted by molar-refractivity contribution is -0.119. The predicted octanol–water partition coefficient (Wildman–Crippen LogP) is 4.58. The van der Waals surface area contributed by atoms with E-state index >= 15 is 0 Å². The standard InChI is InChI=1S/C24H23ClN2O5S/c1-16-10-12-19(13-11-16)27(3)33(30,31)20-7-4-6-18(14-20)24(29)32-15-23(28)26-22-9-5-8-21(25)17(22)2/h4-14H,15H2,1-3H3,(H,26,28). The Hall–Kier alpha value is -3.36. The number of nitrogens with zero attached hydrogens (tertiary/aromatic N) is 1. The molecule has 0 heterocycles. The molecule has 0 bridgehead atoms. The summed E-state index contributed by atoms with van der Waals surface area (Å²) >= 11 is 6.04. The van der Waals surface area contributed by atoms with Crippen LogP contribution in [0.4, 0.5) is 11.4 Å². The molecule has 3 aromatic rings. The molecule has 0 saturated carbocycles. The average Bonchev–Trinajstić information content (AvgIpc) is 2.80. The van der Waals surface area contributed by atoms with Crippen molar-refractivity contribution in [1.82, 2.24) is 0 Å². The van der Waals surface area contributed by atoms with Gasteiger partial charge in [0.05, 0.1) is 16.1 Å². The minimum atomic E-state index is -3.91. The Morgan fingerprint density at radius 2 is 1.67 bits per heavy atom. The monoisotopic (exact) mass is 486 g/mol. The van der Waals surface area contributed by atoms with Gasteiger partial charge in [0.2, 0.25) is 0 Å². The molecule has 7 nitrogen and oxygen atoms in total. The van der Waals surface area contributed by atoms with Crippen molar-refractivity contribution in [1.29, 1.82) is 0 Å². The predicted molar refractivity (Wildman–Crippen MR) is 128 cm³/mol. The number of benzene rings is 3. The molecule has 172 valence electrons. The summed E-state index contributed by atoms with van der Waals surface area (Å²) in [5, 5.41) is 3.13. The van der Waals surface area contributed by atoms with Crippen LogP contribution in [0.1, 0.15) is 21.5 Å². The van der Waals surface area contributed by atoms with E-state index < -0.39 is 28.5 Å². The third-order valence-electron chi connectivity index (χ3n) is 5.00. The van der Waals surface area contributed by atoms with E-state index in [2.05, 4.69) is 5.32 Å². The second kappa shape index (κ2) is 10.1. The Morgan fingerprint density at radius 3 is 2.36 bits per heavy atom. The highest BCUT2D eigenvalue weighted by molar-refractivity contribution is 7.92. The van der Waals surface area contributed by atoms with E-state index in [-0.39, 0.29) is 10.5 Å². The van der Waals surface area contributed by atoms with Crippen LogP contribution in [0.3, 0.4) is 0 Å². The number of ether oxygens (including phenoxy) is 1. The van der Waals surface area contributed by atoms with Crippen LogP contribution in [0.2, 0.25) is 5.02 Å². The van der Waals surface area contributed by atoms with Gasteiger partial charge in [-0.25, -0.2) is 13.2 Å². The van der Waals surface area contributed by atoms with Crippen molar-refractivity contribution in [2.45, 2.75) is 18.7 Å². The first-order valence-corrected chi connectivity index (χ1v) is 11.8. The van der Waals surface area contributed by atoms with Gasteiger partial charge in [0.25, 0.3) is 15.9 Å². The number of carbonyl (C=O) groups is 2. The summed E-state index contributed by atoms with van der Waals surface area (Å²) in [5.74, 6) is -1.36. The SMILES string of the molecule is Cc1ccc(N(C)S(=O)(=O)c2cccc(C(=O)OCC(=O)Nc3cccc(Cl)c3C)c2)cc1. The summed E-state index contributed by atoms with van der Waals surface area (Å²) < 4.78 is 32.2. The smallest absolute Gasteiger partial charge is 0.338 e. The van der Waals surface area contributed by atoms with Crippen LogP contribution in [0, 0.1) is 13.8 Å². The maximum Gasteiger partial charge on any atom is 0.338 e. The fourth-order valence-corrected chi connectivity index (χ4v) is 4.40. The lowest BCUT2D eigenvalue weighted by atomic mass is 10.2. The second-order valence-corrected chi connectivity index (χ2v) is 9.75. The van der Waals surface area contributed by atoms with Crippen molar-refractivity contribution in [2.75, 3.05) is 23.3 Å². The van der Waals surface area contributed by atoms with E-state index in [0.717, 1.165) is 9.87 Å². The van der Waals surface area contributed by atoms with Crippen LogP contribution in [0.15, 0.2) is 71.6 Å². The number of nitrogens with one attached hydrogen (secondary N) is 1. The molecule has 0 spiro atoms. The van der Waals surface area contributed by atoms with Gasteiger partial charge in [-0.05, 0) is 61.9 Å². The number of halogens is 1. The Labute approximate surface area is 198 Å². The Morgan fingerprint density at radius 1 is 1.00 bits per heavy atom. The zero-order valence-electron chi connectivity index (χ0n) is 18.3. The highest BCUT2D eigenvalue weighted by atomic mass is 35.5. The highest BCUT2D eigenvalue weighted by Gasteiger charge is 2.23. The molecule has 0 atom stereocenters. The fraction of sp³-hybridized carbons (Fsp3) is 0.167. The molecule has 9 heteroatoms. The number of amides is 1. The van der Waals surface area contributed by atoms with Crippen LogP contribution in [-0.2, 0) is 19.6 Å². The molecule has 0 aliphatic rings. The second-order valence-electron chi connectivity index (χ2n) is 7.37. The van der Waals surface area contributed by atoms with Crippen LogP contribution in [0.25, 0.3) is 0 Å². The van der Waals surface area contributed by atoms with Crippen LogP contribution < -0.4 is 9.62 Å². The van der Waals surface area contributed by atoms with E-state index in [1.54, 1.807) is 37.3 Å². The van der Waals surface area contributed by atoms with E-state index in [1.165, 1.54) is 31.3 Å². The molecule has 1 N–H and O–H groups in total. The average molecular weight is 487 g/mol. The summed E-state index contributed by atoms with van der Waals surface area (Å²) in [6, 6.07) is 17.6. The molecule has 3 rings (SSSR count). The Kier molecular flexibility index (Phi) is 7.40. The first-order chi connectivity index (χ1) is 15.6. The van der Waals surface area contributed by atoms with E-state index in [9.17, 15) is 18.0 Å². The Balaban J connectivity index is 1.69. The van der Waals surface area contributed by atoms with Gasteiger partial charge in [0, 0.05) is 17.8 Å². The number of carbonyl (C=O) groups excluding carboxylic acids is 2. The van der Waals surface area contributed by atoms with Crippen molar-refractivity contribution in [3.8, 4) is 0 Å². The number of sulfonamides is 1. The van der Waals surface area contributed by atoms with Crippen molar-refractivity contribution in [3.63, 3.8) is 0 Å². The summed E-state index contributed by atoms with van der Waals surface area (Å²) in [6.45, 7) is 3.12. The van der Waals surface area contributed by atoms with Crippen LogP contribution in [0.5, 0.6) is 0 Å². The number of esters is 1. The maximum absolute atomic E-state index is 13.0. The topological polar surface area (TPSA) is 92.8 Å². The summed E-state index contributed by atoms with van der Waals surface area (Å²) in [6.07, 6.45) is 0. The van der Waals surface area contributed by atoms with Gasteiger partial charge in [-0.1, -0.05) is 41.4 Å². The molecule has 0 aliphatic heterocycles. The quantitative estimate of drug-likeness (QED) is 0.493. The van der Waals surface area contributed by atoms with Crippen LogP contribution in [-0.4, -0.2) is 33.9 Å². The summed E-state index contributed by atoms with van der Waals surface area (Å²) in [7, 11) is -2.47. The molecule has 1 amide bonds. The molecule has 33 heavy (non-hydrogen) atoms. The van der Waals surface area contributed by atoms with Crippen molar-refractivity contribution < 1.29 is 22.7 Å². The van der Waals surface area contributed by atoms with E-state index in [4.69, 9.17) is 16.3 Å². The fourth-order valence-electron chi connectivity index (χ4n) is 2.98. The van der Waals surface area contributed by atoms with Gasteiger partial charge >= 0.3 is 5.97 Å². The lowest BCUT2D eigenvalue weighted by Crippen LogP contribution is -2.27. The van der Waals surface area contributed by atoms with Crippen molar-refractivity contribution >= 4 is 44.9 Å². The molecule has 0 fully saturated rings. The molecule has 0 aromatic heterocycles. The molecular weight excluding hydrogens is 464 g/mol. The van der Waals surface area contributed by atoms with Gasteiger partial charge in [-0.15, -0.1) is 0 Å². The zero-order valence-corrected chi connectivity index (χ0v) is 19.9. The summed E-state index contributed by atoms with van der Waals surface area (Å²) in [4.78, 5) is 24.6. The molecule has 3 aromatic carbocycles. The largest absolute Gasteiger partial charge is 0.452 e. The maximum atomic E-state index is 13.0. The number of anilines is 2. The summed E-state index contributed by atoms with van der Waals surface area (Å²) in [5.41, 5.74) is 2.70. The van der Waals surface area contributed by atoms with E-state index in [0.29, 0.717) is 22.0 Å². The van der Waals surface area contributed by atoms with Crippen molar-refractivity contribution in [2.24, 2.45) is 0 Å². The molecular formula is C24H23ClN2O5S. The van der Waals surface area contributed by atoms with Crippen molar-refractivity contribution in [3.05, 3.63) is 88.4 Å². The number of aryl methyl sites for hydroxylation is 1. The van der Waals surface area contributed by atoms with Gasteiger partial charge < -0.3 is 10.1 Å². The molecule has 0 unspecified atom stereocenters. The van der Waals surface area contributed by atoms with Gasteiger partial charge in [0.15, 0.2) is 6.61 Å². The third kappa shape index (κ3) is 5.71. The normalized spacial score (nSPS) is 11.0. The molecule has 0 radical (unpaired) electrons. The minimum absolute atomic E-state index is 0.0140. The molecule has 0 aliphatic carbocycles. The first kappa shape index (κ1) is 24.3. The third-order valence-corrected chi connectivity index (χ3v) is 7.19. The van der Waals surface area contributed by atoms with Crippen LogP contribution >= 0.6 is 11.6 Å². The highest BCUT2D eigenvalue weighted by Crippen LogP contribution is 2.24. The number of rotatable bonds is 7. The number of hydrogen-bond donors (Lipinski definition) is 1. The zero-order chi connectivity index (χ0) is 24.2. The van der Waals surface area contributed by atoms with Gasteiger partial charge in [0.1, 0.15) is 0 Å². The minimum Gasteiger partial charge on any atom is -0.452 e. The van der Waals surface area contributed by atoms with Gasteiger partial charge in [-0.3, -0.25) is 9.10 Å².